The van der Waals surface area contributed by atoms with Crippen molar-refractivity contribution in [1.29, 1.82) is 0 Å². The van der Waals surface area contributed by atoms with E-state index in [1.165, 1.54) is 0 Å². The number of rotatable bonds is 4. The number of para-hydroxylation sites is 2. The predicted molar refractivity (Wildman–Crippen MR) is 113 cm³/mol. The van der Waals surface area contributed by atoms with Crippen molar-refractivity contribution in [1.82, 2.24) is 19.3 Å². The number of benzene rings is 2. The fourth-order valence-electron chi connectivity index (χ4n) is 2.81. The Morgan fingerprint density at radius 3 is 2.67 bits per heavy atom. The lowest BCUT2D eigenvalue weighted by Gasteiger charge is -2.08. The van der Waals surface area contributed by atoms with Gasteiger partial charge in [-0.2, -0.15) is 5.10 Å². The minimum atomic E-state index is 0.458. The summed E-state index contributed by atoms with van der Waals surface area (Å²) in [6.45, 7) is 0.657. The zero-order valence-corrected chi connectivity index (χ0v) is 16.1. The SMILES string of the molecule is Cn1c(NC(=S)Nc2cnn(Cc3ccc(Cl)cc3)c2)nc2ccccc21. The van der Waals surface area contributed by atoms with Crippen molar-refractivity contribution in [3.63, 3.8) is 0 Å². The summed E-state index contributed by atoms with van der Waals surface area (Å²) in [7, 11) is 1.95. The highest BCUT2D eigenvalue weighted by molar-refractivity contribution is 7.80. The molecule has 0 radical (unpaired) electrons. The lowest BCUT2D eigenvalue weighted by atomic mass is 10.2. The maximum atomic E-state index is 5.92. The van der Waals surface area contributed by atoms with Crippen LogP contribution in [-0.2, 0) is 13.6 Å². The van der Waals surface area contributed by atoms with Crippen LogP contribution in [-0.4, -0.2) is 24.4 Å². The molecule has 0 atom stereocenters. The highest BCUT2D eigenvalue weighted by Crippen LogP contribution is 2.18. The van der Waals surface area contributed by atoms with E-state index >= 15 is 0 Å². The third-order valence-corrected chi connectivity index (χ3v) is 4.62. The molecule has 2 N–H and O–H groups in total. The second-order valence-corrected chi connectivity index (χ2v) is 6.96. The summed E-state index contributed by atoms with van der Waals surface area (Å²) in [5.41, 5.74) is 3.88. The number of nitrogens with zero attached hydrogens (tertiary/aromatic N) is 4. The van der Waals surface area contributed by atoms with Crippen LogP contribution in [0.1, 0.15) is 5.56 Å². The van der Waals surface area contributed by atoms with E-state index in [4.69, 9.17) is 23.8 Å². The Morgan fingerprint density at radius 1 is 1.11 bits per heavy atom. The molecule has 0 aliphatic rings. The van der Waals surface area contributed by atoms with Gasteiger partial charge in [-0.3, -0.25) is 4.68 Å². The van der Waals surface area contributed by atoms with Gasteiger partial charge >= 0.3 is 0 Å². The first-order chi connectivity index (χ1) is 13.1. The molecule has 0 aliphatic carbocycles. The number of anilines is 2. The van der Waals surface area contributed by atoms with Crippen LogP contribution in [0.15, 0.2) is 60.9 Å². The van der Waals surface area contributed by atoms with Gasteiger partial charge in [-0.25, -0.2) is 4.98 Å². The Hall–Kier alpha value is -2.90. The lowest BCUT2D eigenvalue weighted by molar-refractivity contribution is 0.687. The molecule has 4 aromatic rings. The molecular formula is C19H17ClN6S. The van der Waals surface area contributed by atoms with Gasteiger partial charge in [-0.1, -0.05) is 35.9 Å². The molecule has 0 aliphatic heterocycles. The van der Waals surface area contributed by atoms with Crippen molar-refractivity contribution in [3.8, 4) is 0 Å². The van der Waals surface area contributed by atoms with E-state index in [1.54, 1.807) is 6.20 Å². The van der Waals surface area contributed by atoms with E-state index in [-0.39, 0.29) is 0 Å². The Labute approximate surface area is 166 Å². The van der Waals surface area contributed by atoms with Crippen molar-refractivity contribution < 1.29 is 0 Å². The van der Waals surface area contributed by atoms with Gasteiger partial charge in [0.05, 0.1) is 29.5 Å². The zero-order valence-electron chi connectivity index (χ0n) is 14.6. The molecule has 2 aromatic heterocycles. The summed E-state index contributed by atoms with van der Waals surface area (Å²) in [6.07, 6.45) is 3.64. The minimum absolute atomic E-state index is 0.458. The topological polar surface area (TPSA) is 59.7 Å². The molecule has 0 saturated heterocycles. The normalized spacial score (nSPS) is 10.9. The predicted octanol–water partition coefficient (Wildman–Crippen LogP) is 4.28. The summed E-state index contributed by atoms with van der Waals surface area (Å²) < 4.78 is 3.80. The van der Waals surface area contributed by atoms with Gasteiger partial charge < -0.3 is 15.2 Å². The number of halogens is 1. The van der Waals surface area contributed by atoms with Crippen molar-refractivity contribution in [2.75, 3.05) is 10.6 Å². The van der Waals surface area contributed by atoms with Gasteiger partial charge in [0, 0.05) is 18.3 Å². The van der Waals surface area contributed by atoms with Gasteiger partial charge in [-0.05, 0) is 42.0 Å². The Morgan fingerprint density at radius 2 is 1.89 bits per heavy atom. The van der Waals surface area contributed by atoms with E-state index in [2.05, 4.69) is 20.7 Å². The second kappa shape index (κ2) is 7.38. The second-order valence-electron chi connectivity index (χ2n) is 6.12. The molecule has 4 rings (SSSR count). The number of aryl methyl sites for hydroxylation is 1. The van der Waals surface area contributed by atoms with E-state index < -0.39 is 0 Å². The monoisotopic (exact) mass is 396 g/mol. The molecule has 0 saturated carbocycles. The average Bonchev–Trinajstić information content (AvgIpc) is 3.22. The summed E-state index contributed by atoms with van der Waals surface area (Å²) in [6, 6.07) is 15.6. The maximum Gasteiger partial charge on any atom is 0.209 e. The van der Waals surface area contributed by atoms with Crippen LogP contribution in [0.5, 0.6) is 0 Å². The molecule has 136 valence electrons. The standard InChI is InChI=1S/C19H17ClN6S/c1-25-17-5-3-2-4-16(17)23-18(25)24-19(27)22-15-10-21-26(12-15)11-13-6-8-14(20)9-7-13/h2-10,12H,11H2,1H3,(H2,22,23,24,27). The van der Waals surface area contributed by atoms with Gasteiger partial charge in [0.1, 0.15) is 0 Å². The van der Waals surface area contributed by atoms with Crippen molar-refractivity contribution >= 4 is 51.6 Å². The summed E-state index contributed by atoms with van der Waals surface area (Å²) in [4.78, 5) is 4.55. The van der Waals surface area contributed by atoms with Gasteiger partial charge in [0.25, 0.3) is 0 Å². The van der Waals surface area contributed by atoms with Gasteiger partial charge in [0.2, 0.25) is 5.95 Å². The van der Waals surface area contributed by atoms with Crippen molar-refractivity contribution in [2.24, 2.45) is 7.05 Å². The van der Waals surface area contributed by atoms with Crippen LogP contribution < -0.4 is 10.6 Å². The van der Waals surface area contributed by atoms with Gasteiger partial charge in [0.15, 0.2) is 5.11 Å². The largest absolute Gasteiger partial charge is 0.330 e. The number of thiocarbonyl (C=S) groups is 1. The fourth-order valence-corrected chi connectivity index (χ4v) is 3.15. The first-order valence-electron chi connectivity index (χ1n) is 8.35. The molecule has 0 spiro atoms. The molecule has 27 heavy (non-hydrogen) atoms. The summed E-state index contributed by atoms with van der Waals surface area (Å²) in [5, 5.41) is 11.8. The average molecular weight is 397 g/mol. The molecule has 0 bridgehead atoms. The first kappa shape index (κ1) is 17.5. The number of fused-ring (bicyclic) bond motifs is 1. The van der Waals surface area contributed by atoms with Crippen LogP contribution in [0.2, 0.25) is 5.02 Å². The maximum absolute atomic E-state index is 5.92. The molecule has 0 unspecified atom stereocenters. The van der Waals surface area contributed by atoms with Gasteiger partial charge in [-0.15, -0.1) is 0 Å². The third kappa shape index (κ3) is 3.94. The molecule has 2 aromatic carbocycles. The number of nitrogens with one attached hydrogen (secondary N) is 2. The minimum Gasteiger partial charge on any atom is -0.330 e. The van der Waals surface area contributed by atoms with E-state index in [0.29, 0.717) is 17.6 Å². The number of imidazole rings is 1. The smallest absolute Gasteiger partial charge is 0.209 e. The van der Waals surface area contributed by atoms with E-state index in [9.17, 15) is 0 Å². The number of aromatic nitrogens is 4. The van der Waals surface area contributed by atoms with Crippen LogP contribution >= 0.6 is 23.8 Å². The molecule has 0 fully saturated rings. The fraction of sp³-hybridized carbons (Fsp3) is 0.105. The van der Waals surface area contributed by atoms with Crippen LogP contribution in [0, 0.1) is 0 Å². The number of hydrogen-bond acceptors (Lipinski definition) is 3. The molecular weight excluding hydrogens is 380 g/mol. The lowest BCUT2D eigenvalue weighted by Crippen LogP contribution is -2.20. The molecule has 2 heterocycles. The molecule has 0 amide bonds. The van der Waals surface area contributed by atoms with Crippen molar-refractivity contribution in [3.05, 3.63) is 71.5 Å². The quantitative estimate of drug-likeness (QED) is 0.504. The van der Waals surface area contributed by atoms with Crippen LogP contribution in [0.25, 0.3) is 11.0 Å². The molecule has 8 heteroatoms. The summed E-state index contributed by atoms with van der Waals surface area (Å²) in [5.74, 6) is 0.683. The zero-order chi connectivity index (χ0) is 18.8. The third-order valence-electron chi connectivity index (χ3n) is 4.16. The summed E-state index contributed by atoms with van der Waals surface area (Å²) >= 11 is 11.3. The first-order valence-corrected chi connectivity index (χ1v) is 9.13. The van der Waals surface area contributed by atoms with E-state index in [0.717, 1.165) is 27.3 Å². The Bertz CT molecular complexity index is 1100. The Kier molecular flexibility index (Phi) is 4.79. The highest BCUT2D eigenvalue weighted by Gasteiger charge is 2.09. The van der Waals surface area contributed by atoms with Crippen LogP contribution in [0.3, 0.4) is 0 Å². The Balaban J connectivity index is 1.41. The number of hydrogen-bond donors (Lipinski definition) is 2. The highest BCUT2D eigenvalue weighted by atomic mass is 35.5. The molecule has 6 nitrogen and oxygen atoms in total. The van der Waals surface area contributed by atoms with Crippen molar-refractivity contribution in [2.45, 2.75) is 6.54 Å². The van der Waals surface area contributed by atoms with Crippen LogP contribution in [0.4, 0.5) is 11.6 Å². The van der Waals surface area contributed by atoms with E-state index in [1.807, 2.05) is 71.0 Å².